The topological polar surface area (TPSA) is 90.0 Å². The molecule has 0 saturated heterocycles. The second kappa shape index (κ2) is 7.40. The van der Waals surface area contributed by atoms with Gasteiger partial charge in [0.15, 0.2) is 17.3 Å². The van der Waals surface area contributed by atoms with Gasteiger partial charge in [-0.05, 0) is 44.2 Å². The van der Waals surface area contributed by atoms with E-state index < -0.39 is 0 Å². The Kier molecular flexibility index (Phi) is 4.79. The molecule has 0 aliphatic rings. The summed E-state index contributed by atoms with van der Waals surface area (Å²) in [6.07, 6.45) is 0.628. The van der Waals surface area contributed by atoms with Crippen LogP contribution in [0.2, 0.25) is 5.02 Å². The van der Waals surface area contributed by atoms with Gasteiger partial charge in [-0.25, -0.2) is 4.68 Å². The molecule has 28 heavy (non-hydrogen) atoms. The van der Waals surface area contributed by atoms with Gasteiger partial charge in [0.05, 0.1) is 16.4 Å². The van der Waals surface area contributed by atoms with Crippen molar-refractivity contribution >= 4 is 28.8 Å². The first-order chi connectivity index (χ1) is 13.5. The van der Waals surface area contributed by atoms with E-state index in [1.54, 1.807) is 21.3 Å². The zero-order valence-electron chi connectivity index (χ0n) is 15.4. The fraction of sp³-hybridized carbons (Fsp3) is 0.211. The lowest BCUT2D eigenvalue weighted by Crippen LogP contribution is -2.14. The van der Waals surface area contributed by atoms with Crippen LogP contribution in [0.4, 0.5) is 5.69 Å². The number of para-hydroxylation sites is 1. The van der Waals surface area contributed by atoms with Crippen LogP contribution in [0.1, 0.15) is 23.6 Å². The lowest BCUT2D eigenvalue weighted by atomic mass is 10.2. The number of carbonyl (C=O) groups excluding carboxylic acids is 1. The first-order valence-electron chi connectivity index (χ1n) is 8.80. The number of amides is 1. The van der Waals surface area contributed by atoms with Crippen LogP contribution in [0.3, 0.4) is 0 Å². The van der Waals surface area contributed by atoms with Gasteiger partial charge in [-0.2, -0.15) is 9.61 Å². The highest BCUT2D eigenvalue weighted by atomic mass is 35.5. The molecule has 0 saturated carbocycles. The van der Waals surface area contributed by atoms with Gasteiger partial charge in [-0.1, -0.05) is 23.7 Å². The van der Waals surface area contributed by atoms with E-state index in [4.69, 9.17) is 11.6 Å². The molecule has 1 aromatic carbocycles. The Hall–Kier alpha value is -3.26. The SMILES string of the molecule is Cc1cc(C)n(-c2ccc3nnc(CCC(=O)Nc4ccccc4Cl)n3n2)n1. The lowest BCUT2D eigenvalue weighted by Gasteiger charge is -2.07. The number of carbonyl (C=O) groups is 1. The van der Waals surface area contributed by atoms with E-state index in [0.717, 1.165) is 11.4 Å². The summed E-state index contributed by atoms with van der Waals surface area (Å²) in [7, 11) is 0. The fourth-order valence-electron chi connectivity index (χ4n) is 2.95. The van der Waals surface area contributed by atoms with E-state index in [2.05, 4.69) is 25.7 Å². The summed E-state index contributed by atoms with van der Waals surface area (Å²) >= 11 is 6.08. The average molecular weight is 396 g/mol. The van der Waals surface area contributed by atoms with Gasteiger partial charge >= 0.3 is 0 Å². The quantitative estimate of drug-likeness (QED) is 0.560. The number of nitrogens with one attached hydrogen (secondary N) is 1. The maximum absolute atomic E-state index is 12.3. The molecule has 8 nitrogen and oxygen atoms in total. The molecule has 3 heterocycles. The van der Waals surface area contributed by atoms with E-state index in [1.165, 1.54) is 0 Å². The van der Waals surface area contributed by atoms with Crippen molar-refractivity contribution in [2.24, 2.45) is 0 Å². The zero-order valence-corrected chi connectivity index (χ0v) is 16.2. The van der Waals surface area contributed by atoms with E-state index in [0.29, 0.717) is 34.4 Å². The summed E-state index contributed by atoms with van der Waals surface area (Å²) in [5.74, 6) is 1.12. The van der Waals surface area contributed by atoms with Crippen molar-refractivity contribution in [2.45, 2.75) is 26.7 Å². The van der Waals surface area contributed by atoms with Gasteiger partial charge in [0.1, 0.15) is 0 Å². The second-order valence-corrected chi connectivity index (χ2v) is 6.85. The Morgan fingerprint density at radius 2 is 1.93 bits per heavy atom. The lowest BCUT2D eigenvalue weighted by molar-refractivity contribution is -0.116. The smallest absolute Gasteiger partial charge is 0.224 e. The van der Waals surface area contributed by atoms with Crippen LogP contribution in [0, 0.1) is 13.8 Å². The van der Waals surface area contributed by atoms with Crippen LogP contribution in [0.25, 0.3) is 11.5 Å². The number of benzene rings is 1. The number of hydrogen-bond donors (Lipinski definition) is 1. The number of hydrogen-bond acceptors (Lipinski definition) is 5. The Balaban J connectivity index is 1.52. The zero-order chi connectivity index (χ0) is 19.7. The number of nitrogens with zero attached hydrogens (tertiary/aromatic N) is 6. The highest BCUT2D eigenvalue weighted by molar-refractivity contribution is 6.33. The van der Waals surface area contributed by atoms with Gasteiger partial charge in [0.2, 0.25) is 5.91 Å². The van der Waals surface area contributed by atoms with Crippen LogP contribution in [-0.4, -0.2) is 35.5 Å². The van der Waals surface area contributed by atoms with E-state index in [-0.39, 0.29) is 12.3 Å². The molecule has 0 spiro atoms. The van der Waals surface area contributed by atoms with E-state index >= 15 is 0 Å². The van der Waals surface area contributed by atoms with Crippen molar-refractivity contribution < 1.29 is 4.79 Å². The van der Waals surface area contributed by atoms with Crippen molar-refractivity contribution in [1.82, 2.24) is 29.6 Å². The van der Waals surface area contributed by atoms with Crippen LogP contribution in [0.5, 0.6) is 0 Å². The minimum Gasteiger partial charge on any atom is -0.325 e. The van der Waals surface area contributed by atoms with Crippen LogP contribution in [-0.2, 0) is 11.2 Å². The maximum Gasteiger partial charge on any atom is 0.224 e. The molecule has 0 fully saturated rings. The van der Waals surface area contributed by atoms with Crippen molar-refractivity contribution in [3.8, 4) is 5.82 Å². The summed E-state index contributed by atoms with van der Waals surface area (Å²) in [4.78, 5) is 12.3. The molecular formula is C19H18ClN7O. The first-order valence-corrected chi connectivity index (χ1v) is 9.18. The normalized spacial score (nSPS) is 11.1. The van der Waals surface area contributed by atoms with Gasteiger partial charge in [0, 0.05) is 18.5 Å². The molecule has 4 rings (SSSR count). The monoisotopic (exact) mass is 395 g/mol. The van der Waals surface area contributed by atoms with Crippen molar-refractivity contribution in [2.75, 3.05) is 5.32 Å². The number of halogens is 1. The Labute approximate surface area is 166 Å². The maximum atomic E-state index is 12.3. The number of aromatic nitrogens is 6. The predicted molar refractivity (Wildman–Crippen MR) is 106 cm³/mol. The third-order valence-corrected chi connectivity index (χ3v) is 4.59. The molecule has 0 unspecified atom stereocenters. The minimum atomic E-state index is -0.153. The number of aryl methyl sites for hydroxylation is 3. The molecule has 1 amide bonds. The summed E-state index contributed by atoms with van der Waals surface area (Å²) in [6.45, 7) is 3.90. The Bertz CT molecular complexity index is 1160. The molecule has 1 N–H and O–H groups in total. The number of fused-ring (bicyclic) bond motifs is 1. The third kappa shape index (κ3) is 3.59. The molecule has 9 heteroatoms. The highest BCUT2D eigenvalue weighted by Crippen LogP contribution is 2.20. The predicted octanol–water partition coefficient (Wildman–Crippen LogP) is 3.15. The largest absolute Gasteiger partial charge is 0.325 e. The Morgan fingerprint density at radius 3 is 2.68 bits per heavy atom. The van der Waals surface area contributed by atoms with Crippen LogP contribution >= 0.6 is 11.6 Å². The summed E-state index contributed by atoms with van der Waals surface area (Å²) in [6, 6.07) is 12.8. The van der Waals surface area contributed by atoms with Gasteiger partial charge in [-0.3, -0.25) is 4.79 Å². The molecule has 0 radical (unpaired) electrons. The minimum absolute atomic E-state index is 0.153. The summed E-state index contributed by atoms with van der Waals surface area (Å²) in [5.41, 5.74) is 3.11. The molecule has 4 aromatic rings. The van der Waals surface area contributed by atoms with Crippen molar-refractivity contribution in [3.63, 3.8) is 0 Å². The molecule has 0 aliphatic carbocycles. The fourth-order valence-corrected chi connectivity index (χ4v) is 3.14. The first kappa shape index (κ1) is 18.1. The highest BCUT2D eigenvalue weighted by Gasteiger charge is 2.13. The van der Waals surface area contributed by atoms with Crippen LogP contribution in [0.15, 0.2) is 42.5 Å². The number of anilines is 1. The van der Waals surface area contributed by atoms with Crippen molar-refractivity contribution in [3.05, 3.63) is 64.7 Å². The van der Waals surface area contributed by atoms with Gasteiger partial charge < -0.3 is 5.32 Å². The van der Waals surface area contributed by atoms with Crippen molar-refractivity contribution in [1.29, 1.82) is 0 Å². The molecule has 0 atom stereocenters. The van der Waals surface area contributed by atoms with E-state index in [1.807, 2.05) is 44.2 Å². The van der Waals surface area contributed by atoms with Crippen LogP contribution < -0.4 is 5.32 Å². The molecule has 0 aliphatic heterocycles. The second-order valence-electron chi connectivity index (χ2n) is 6.44. The summed E-state index contributed by atoms with van der Waals surface area (Å²) in [5, 5.41) is 20.6. The Morgan fingerprint density at radius 1 is 1.11 bits per heavy atom. The number of rotatable bonds is 5. The summed E-state index contributed by atoms with van der Waals surface area (Å²) < 4.78 is 3.41. The van der Waals surface area contributed by atoms with E-state index in [9.17, 15) is 4.79 Å². The average Bonchev–Trinajstić information content (AvgIpc) is 3.23. The molecule has 142 valence electrons. The standard InChI is InChI=1S/C19H18ClN7O/c1-12-11-13(2)26(24-12)18-8-7-16-22-23-17(27(16)25-18)9-10-19(28)21-15-6-4-3-5-14(15)20/h3-8,11H,9-10H2,1-2H3,(H,21,28). The molecular weight excluding hydrogens is 378 g/mol. The molecule has 3 aromatic heterocycles. The molecule has 0 bridgehead atoms. The van der Waals surface area contributed by atoms with Gasteiger partial charge in [0.25, 0.3) is 0 Å². The van der Waals surface area contributed by atoms with Gasteiger partial charge in [-0.15, -0.1) is 15.3 Å². The third-order valence-electron chi connectivity index (χ3n) is 4.26.